The van der Waals surface area contributed by atoms with Crippen molar-refractivity contribution in [2.75, 3.05) is 33.0 Å². The SMILES string of the molecule is CC(C)(COCCOCC(=O)N1CCc2c(n(Cc3cc(Cl)cc(Cl)c3)c3ncccc23)C1)C(=O)O. The van der Waals surface area contributed by atoms with Crippen molar-refractivity contribution in [1.82, 2.24) is 14.5 Å². The third kappa shape index (κ3) is 6.00. The normalized spacial score (nSPS) is 13.7. The number of carbonyl (C=O) groups excluding carboxylic acids is 1. The van der Waals surface area contributed by atoms with Gasteiger partial charge in [-0.15, -0.1) is 0 Å². The second-order valence-electron chi connectivity index (χ2n) is 9.52. The van der Waals surface area contributed by atoms with Crippen LogP contribution in [-0.4, -0.2) is 64.4 Å². The van der Waals surface area contributed by atoms with Crippen molar-refractivity contribution < 1.29 is 24.2 Å². The first kappa shape index (κ1) is 26.4. The maximum atomic E-state index is 12.9. The lowest BCUT2D eigenvalue weighted by Gasteiger charge is -2.28. The van der Waals surface area contributed by atoms with Crippen LogP contribution in [0.4, 0.5) is 0 Å². The topological polar surface area (TPSA) is 93.9 Å². The van der Waals surface area contributed by atoms with Crippen molar-refractivity contribution in [2.45, 2.75) is 33.4 Å². The number of hydrogen-bond acceptors (Lipinski definition) is 5. The molecule has 0 saturated heterocycles. The highest BCUT2D eigenvalue weighted by molar-refractivity contribution is 6.34. The summed E-state index contributed by atoms with van der Waals surface area (Å²) in [6.07, 6.45) is 2.49. The average molecular weight is 534 g/mol. The molecular formula is C26H29Cl2N3O5. The standard InChI is InChI=1S/C26H29Cl2N3O5/c1-26(2,25(33)34)16-36-9-8-35-15-23(32)30-7-5-20-21-4-3-6-29-24(21)31(22(20)14-30)13-17-10-18(27)12-19(28)11-17/h3-4,6,10-12H,5,7-9,13-16H2,1-2H3,(H,33,34). The Bertz CT molecular complexity index is 1250. The first-order chi connectivity index (χ1) is 17.2. The molecule has 10 heteroatoms. The van der Waals surface area contributed by atoms with Crippen LogP contribution in [0.25, 0.3) is 11.0 Å². The van der Waals surface area contributed by atoms with E-state index in [1.165, 1.54) is 5.56 Å². The highest BCUT2D eigenvalue weighted by atomic mass is 35.5. The number of ether oxygens (including phenoxy) is 2. The smallest absolute Gasteiger partial charge is 0.311 e. The number of halogens is 2. The van der Waals surface area contributed by atoms with Crippen LogP contribution in [0.15, 0.2) is 36.5 Å². The van der Waals surface area contributed by atoms with Gasteiger partial charge in [0.05, 0.1) is 31.8 Å². The fourth-order valence-electron chi connectivity index (χ4n) is 4.29. The molecule has 4 rings (SSSR count). The van der Waals surface area contributed by atoms with Gasteiger partial charge in [-0.25, -0.2) is 4.98 Å². The number of fused-ring (bicyclic) bond motifs is 3. The predicted octanol–water partition coefficient (Wildman–Crippen LogP) is 4.42. The lowest BCUT2D eigenvalue weighted by molar-refractivity contribution is -0.150. The van der Waals surface area contributed by atoms with E-state index in [-0.39, 0.29) is 32.3 Å². The van der Waals surface area contributed by atoms with E-state index in [0.717, 1.165) is 28.7 Å². The van der Waals surface area contributed by atoms with Crippen LogP contribution in [0, 0.1) is 5.41 Å². The van der Waals surface area contributed by atoms with Crippen LogP contribution in [0.3, 0.4) is 0 Å². The number of carboxylic acids is 1. The second kappa shape index (κ2) is 11.2. The number of amides is 1. The number of rotatable bonds is 10. The van der Waals surface area contributed by atoms with Gasteiger partial charge >= 0.3 is 5.97 Å². The fourth-order valence-corrected chi connectivity index (χ4v) is 4.86. The number of benzene rings is 1. The van der Waals surface area contributed by atoms with Crippen molar-refractivity contribution >= 4 is 46.1 Å². The van der Waals surface area contributed by atoms with E-state index in [1.54, 1.807) is 31.0 Å². The minimum absolute atomic E-state index is 0.0661. The molecule has 1 aliphatic rings. The summed E-state index contributed by atoms with van der Waals surface area (Å²) in [6.45, 7) is 5.21. The van der Waals surface area contributed by atoms with Gasteiger partial charge in [0.15, 0.2) is 0 Å². The summed E-state index contributed by atoms with van der Waals surface area (Å²) in [4.78, 5) is 30.4. The van der Waals surface area contributed by atoms with E-state index in [9.17, 15) is 9.59 Å². The van der Waals surface area contributed by atoms with Gasteiger partial charge < -0.3 is 24.0 Å². The Balaban J connectivity index is 1.41. The van der Waals surface area contributed by atoms with Gasteiger partial charge in [-0.1, -0.05) is 23.2 Å². The highest BCUT2D eigenvalue weighted by Crippen LogP contribution is 2.31. The molecule has 1 amide bonds. The summed E-state index contributed by atoms with van der Waals surface area (Å²) in [7, 11) is 0. The molecule has 3 aromatic rings. The number of nitrogens with zero attached hydrogens (tertiary/aromatic N) is 3. The van der Waals surface area contributed by atoms with E-state index in [2.05, 4.69) is 15.6 Å². The number of hydrogen-bond donors (Lipinski definition) is 1. The molecule has 0 aliphatic carbocycles. The minimum atomic E-state index is -0.967. The van der Waals surface area contributed by atoms with Crippen molar-refractivity contribution in [3.8, 4) is 0 Å². The van der Waals surface area contributed by atoms with Gasteiger partial charge in [-0.05, 0) is 61.7 Å². The summed E-state index contributed by atoms with van der Waals surface area (Å²) >= 11 is 12.4. The number of carbonyl (C=O) groups is 2. The average Bonchev–Trinajstić information content (AvgIpc) is 3.13. The molecule has 3 heterocycles. The summed E-state index contributed by atoms with van der Waals surface area (Å²) in [5.74, 6) is -1.03. The number of aromatic nitrogens is 2. The Hall–Kier alpha value is -2.65. The van der Waals surface area contributed by atoms with E-state index in [1.807, 2.05) is 18.2 Å². The molecule has 0 spiro atoms. The van der Waals surface area contributed by atoms with Gasteiger partial charge in [0, 0.05) is 40.4 Å². The monoisotopic (exact) mass is 533 g/mol. The maximum Gasteiger partial charge on any atom is 0.311 e. The third-order valence-corrected chi connectivity index (χ3v) is 6.71. The van der Waals surface area contributed by atoms with Gasteiger partial charge in [-0.2, -0.15) is 0 Å². The van der Waals surface area contributed by atoms with Crippen LogP contribution in [0.2, 0.25) is 10.0 Å². The fraction of sp³-hybridized carbons (Fsp3) is 0.423. The Morgan fingerprint density at radius 2 is 1.86 bits per heavy atom. The molecule has 1 aromatic carbocycles. The largest absolute Gasteiger partial charge is 0.481 e. The van der Waals surface area contributed by atoms with Crippen LogP contribution >= 0.6 is 23.2 Å². The number of pyridine rings is 1. The Morgan fingerprint density at radius 3 is 2.58 bits per heavy atom. The van der Waals surface area contributed by atoms with Crippen LogP contribution < -0.4 is 0 Å². The van der Waals surface area contributed by atoms with Crippen LogP contribution in [0.1, 0.15) is 30.7 Å². The number of aliphatic carboxylic acids is 1. The molecular weight excluding hydrogens is 505 g/mol. The van der Waals surface area contributed by atoms with E-state index in [0.29, 0.717) is 29.7 Å². The zero-order valence-corrected chi connectivity index (χ0v) is 21.8. The summed E-state index contributed by atoms with van der Waals surface area (Å²) in [5, 5.41) is 11.4. The summed E-state index contributed by atoms with van der Waals surface area (Å²) < 4.78 is 13.0. The Labute approximate surface area is 219 Å². The van der Waals surface area contributed by atoms with Gasteiger partial charge in [0.2, 0.25) is 5.91 Å². The molecule has 8 nitrogen and oxygen atoms in total. The van der Waals surface area contributed by atoms with Crippen molar-refractivity contribution in [3.05, 3.63) is 63.4 Å². The van der Waals surface area contributed by atoms with Gasteiger partial charge in [-0.3, -0.25) is 9.59 Å². The van der Waals surface area contributed by atoms with Crippen LogP contribution in [0.5, 0.6) is 0 Å². The predicted molar refractivity (Wildman–Crippen MR) is 137 cm³/mol. The zero-order chi connectivity index (χ0) is 25.9. The zero-order valence-electron chi connectivity index (χ0n) is 20.3. The van der Waals surface area contributed by atoms with Crippen molar-refractivity contribution in [2.24, 2.45) is 5.41 Å². The molecule has 1 aliphatic heterocycles. The molecule has 0 fully saturated rings. The Morgan fingerprint density at radius 1 is 1.14 bits per heavy atom. The second-order valence-corrected chi connectivity index (χ2v) is 10.4. The molecule has 0 atom stereocenters. The quantitative estimate of drug-likeness (QED) is 0.387. The lowest BCUT2D eigenvalue weighted by Crippen LogP contribution is -2.39. The first-order valence-electron chi connectivity index (χ1n) is 11.7. The van der Waals surface area contributed by atoms with Crippen LogP contribution in [-0.2, 0) is 38.6 Å². The van der Waals surface area contributed by atoms with Crippen molar-refractivity contribution in [1.29, 1.82) is 0 Å². The molecule has 36 heavy (non-hydrogen) atoms. The minimum Gasteiger partial charge on any atom is -0.481 e. The molecule has 0 saturated carbocycles. The summed E-state index contributed by atoms with van der Waals surface area (Å²) in [5.41, 5.74) is 3.09. The molecule has 0 unspecified atom stereocenters. The Kier molecular flexibility index (Phi) is 8.20. The third-order valence-electron chi connectivity index (χ3n) is 6.27. The van der Waals surface area contributed by atoms with E-state index >= 15 is 0 Å². The number of carboxylic acid groups (broad SMARTS) is 1. The summed E-state index contributed by atoms with van der Waals surface area (Å²) in [6, 6.07) is 9.46. The molecule has 0 radical (unpaired) electrons. The lowest BCUT2D eigenvalue weighted by atomic mass is 9.95. The highest BCUT2D eigenvalue weighted by Gasteiger charge is 2.28. The first-order valence-corrected chi connectivity index (χ1v) is 12.5. The molecule has 0 bridgehead atoms. The molecule has 1 N–H and O–H groups in total. The maximum absolute atomic E-state index is 12.9. The van der Waals surface area contributed by atoms with E-state index in [4.69, 9.17) is 37.8 Å². The van der Waals surface area contributed by atoms with E-state index < -0.39 is 11.4 Å². The molecule has 192 valence electrons. The van der Waals surface area contributed by atoms with Gasteiger partial charge in [0.25, 0.3) is 0 Å². The molecule has 2 aromatic heterocycles. The van der Waals surface area contributed by atoms with Gasteiger partial charge in [0.1, 0.15) is 12.3 Å². The van der Waals surface area contributed by atoms with Crippen molar-refractivity contribution in [3.63, 3.8) is 0 Å².